The molecular formula is C14H25N5O2. The Balaban J connectivity index is 2.88. The van der Waals surface area contributed by atoms with Gasteiger partial charge in [0.15, 0.2) is 5.69 Å². The van der Waals surface area contributed by atoms with Crippen LogP contribution in [0.4, 0.5) is 5.69 Å². The van der Waals surface area contributed by atoms with Crippen molar-refractivity contribution in [3.8, 4) is 0 Å². The van der Waals surface area contributed by atoms with Gasteiger partial charge in [-0.1, -0.05) is 13.8 Å². The number of carbonyl (C=O) groups is 1. The number of hydrazine groups is 1. The van der Waals surface area contributed by atoms with Crippen LogP contribution >= 0.6 is 0 Å². The smallest absolute Gasteiger partial charge is 0.272 e. The molecule has 0 aliphatic carbocycles. The minimum Gasteiger partial charge on any atom is -0.374 e. The summed E-state index contributed by atoms with van der Waals surface area (Å²) in [5.74, 6) is 5.83. The van der Waals surface area contributed by atoms with Crippen LogP contribution in [0.5, 0.6) is 0 Å². The lowest BCUT2D eigenvalue weighted by molar-refractivity contribution is -0.00818. The molecule has 0 fully saturated rings. The predicted molar refractivity (Wildman–Crippen MR) is 82.0 cm³/mol. The quantitative estimate of drug-likeness (QED) is 0.519. The SMILES string of the molecule is CCOC(C)(C)CNC(=O)c1nc(C(C)C)ncc1NN. The van der Waals surface area contributed by atoms with E-state index in [1.165, 1.54) is 6.20 Å². The number of nitrogens with two attached hydrogens (primary N) is 1. The normalized spacial score (nSPS) is 11.6. The van der Waals surface area contributed by atoms with Crippen LogP contribution < -0.4 is 16.6 Å². The van der Waals surface area contributed by atoms with Crippen molar-refractivity contribution in [2.24, 2.45) is 5.84 Å². The molecule has 0 aliphatic rings. The number of aromatic nitrogens is 2. The highest BCUT2D eigenvalue weighted by Gasteiger charge is 2.21. The Labute approximate surface area is 125 Å². The Morgan fingerprint density at radius 1 is 1.48 bits per heavy atom. The molecule has 21 heavy (non-hydrogen) atoms. The van der Waals surface area contributed by atoms with Crippen LogP contribution in [-0.4, -0.2) is 34.6 Å². The molecule has 0 aromatic carbocycles. The second kappa shape index (κ2) is 7.33. The Kier molecular flexibility index (Phi) is 6.04. The topological polar surface area (TPSA) is 102 Å². The lowest BCUT2D eigenvalue weighted by Gasteiger charge is -2.25. The van der Waals surface area contributed by atoms with Gasteiger partial charge in [0.25, 0.3) is 5.91 Å². The van der Waals surface area contributed by atoms with E-state index < -0.39 is 5.60 Å². The van der Waals surface area contributed by atoms with Crippen molar-refractivity contribution < 1.29 is 9.53 Å². The van der Waals surface area contributed by atoms with Gasteiger partial charge in [0, 0.05) is 19.1 Å². The number of rotatable bonds is 7. The molecule has 118 valence electrons. The van der Waals surface area contributed by atoms with Gasteiger partial charge in [0.1, 0.15) is 5.82 Å². The number of hydrogen-bond acceptors (Lipinski definition) is 6. The fourth-order valence-electron chi connectivity index (χ4n) is 1.77. The number of amides is 1. The standard InChI is InChI=1S/C14H25N5O2/c1-6-21-14(4,5)8-17-13(20)11-10(19-15)7-16-12(18-11)9(2)3/h7,9,19H,6,8,15H2,1-5H3,(H,17,20). The largest absolute Gasteiger partial charge is 0.374 e. The van der Waals surface area contributed by atoms with E-state index in [0.29, 0.717) is 24.7 Å². The molecule has 1 aromatic rings. The Hall–Kier alpha value is -1.73. The Bertz CT molecular complexity index is 488. The molecule has 0 saturated carbocycles. The number of ether oxygens (including phenoxy) is 1. The maximum atomic E-state index is 12.3. The minimum absolute atomic E-state index is 0.128. The second-order valence-corrected chi connectivity index (χ2v) is 5.66. The summed E-state index contributed by atoms with van der Waals surface area (Å²) in [6, 6.07) is 0. The van der Waals surface area contributed by atoms with Crippen LogP contribution in [0.25, 0.3) is 0 Å². The number of nitrogen functional groups attached to an aromatic ring is 1. The molecule has 1 rings (SSSR count). The van der Waals surface area contributed by atoms with Crippen LogP contribution in [0.15, 0.2) is 6.20 Å². The summed E-state index contributed by atoms with van der Waals surface area (Å²) in [5, 5.41) is 2.82. The van der Waals surface area contributed by atoms with Gasteiger partial charge in [-0.15, -0.1) is 0 Å². The molecule has 0 spiro atoms. The van der Waals surface area contributed by atoms with Crippen LogP contribution in [0.3, 0.4) is 0 Å². The number of hydrogen-bond donors (Lipinski definition) is 3. The van der Waals surface area contributed by atoms with Crippen molar-refractivity contribution in [3.63, 3.8) is 0 Å². The highest BCUT2D eigenvalue weighted by Crippen LogP contribution is 2.16. The molecule has 0 aliphatic heterocycles. The van der Waals surface area contributed by atoms with Gasteiger partial charge in [-0.2, -0.15) is 0 Å². The van der Waals surface area contributed by atoms with E-state index >= 15 is 0 Å². The highest BCUT2D eigenvalue weighted by molar-refractivity contribution is 5.97. The molecule has 7 heteroatoms. The molecule has 4 N–H and O–H groups in total. The lowest BCUT2D eigenvalue weighted by Crippen LogP contribution is -2.41. The number of nitrogens with one attached hydrogen (secondary N) is 2. The molecule has 1 heterocycles. The first-order valence-electron chi connectivity index (χ1n) is 7.06. The first kappa shape index (κ1) is 17.3. The van der Waals surface area contributed by atoms with Crippen LogP contribution in [0, 0.1) is 0 Å². The van der Waals surface area contributed by atoms with Crippen LogP contribution in [-0.2, 0) is 4.74 Å². The number of carbonyl (C=O) groups excluding carboxylic acids is 1. The minimum atomic E-state index is -0.436. The van der Waals surface area contributed by atoms with Gasteiger partial charge in [-0.25, -0.2) is 9.97 Å². The third-order valence-electron chi connectivity index (χ3n) is 2.90. The highest BCUT2D eigenvalue weighted by atomic mass is 16.5. The summed E-state index contributed by atoms with van der Waals surface area (Å²) >= 11 is 0. The first-order chi connectivity index (χ1) is 9.80. The van der Waals surface area contributed by atoms with Crippen molar-refractivity contribution in [3.05, 3.63) is 17.7 Å². The molecule has 7 nitrogen and oxygen atoms in total. The van der Waals surface area contributed by atoms with Crippen molar-refractivity contribution in [2.45, 2.75) is 46.1 Å². The van der Waals surface area contributed by atoms with Gasteiger partial charge >= 0.3 is 0 Å². The summed E-state index contributed by atoms with van der Waals surface area (Å²) in [6.45, 7) is 10.6. The van der Waals surface area contributed by atoms with Crippen LogP contribution in [0.2, 0.25) is 0 Å². The Morgan fingerprint density at radius 2 is 2.14 bits per heavy atom. The molecule has 0 unspecified atom stereocenters. The summed E-state index contributed by atoms with van der Waals surface area (Å²) in [7, 11) is 0. The lowest BCUT2D eigenvalue weighted by atomic mass is 10.1. The van der Waals surface area contributed by atoms with Crippen molar-refractivity contribution >= 4 is 11.6 Å². The fraction of sp³-hybridized carbons (Fsp3) is 0.643. The van der Waals surface area contributed by atoms with E-state index in [1.807, 2.05) is 34.6 Å². The zero-order chi connectivity index (χ0) is 16.0. The zero-order valence-electron chi connectivity index (χ0n) is 13.4. The average Bonchev–Trinajstić information content (AvgIpc) is 2.44. The summed E-state index contributed by atoms with van der Waals surface area (Å²) in [5.41, 5.74) is 2.65. The fourth-order valence-corrected chi connectivity index (χ4v) is 1.77. The van der Waals surface area contributed by atoms with Crippen molar-refractivity contribution in [2.75, 3.05) is 18.6 Å². The van der Waals surface area contributed by atoms with E-state index in [0.717, 1.165) is 0 Å². The summed E-state index contributed by atoms with van der Waals surface area (Å²) in [6.07, 6.45) is 1.52. The maximum Gasteiger partial charge on any atom is 0.272 e. The maximum absolute atomic E-state index is 12.3. The van der Waals surface area contributed by atoms with E-state index in [1.54, 1.807) is 0 Å². The number of nitrogens with zero attached hydrogens (tertiary/aromatic N) is 2. The van der Waals surface area contributed by atoms with E-state index in [4.69, 9.17) is 10.6 Å². The van der Waals surface area contributed by atoms with Gasteiger partial charge < -0.3 is 15.5 Å². The third-order valence-corrected chi connectivity index (χ3v) is 2.90. The van der Waals surface area contributed by atoms with Gasteiger partial charge in [-0.3, -0.25) is 10.6 Å². The molecule has 0 saturated heterocycles. The average molecular weight is 295 g/mol. The second-order valence-electron chi connectivity index (χ2n) is 5.66. The molecule has 1 amide bonds. The summed E-state index contributed by atoms with van der Waals surface area (Å²) in [4.78, 5) is 20.8. The zero-order valence-corrected chi connectivity index (χ0v) is 13.4. The van der Waals surface area contributed by atoms with Gasteiger partial charge in [0.2, 0.25) is 0 Å². The molecule has 0 radical (unpaired) electrons. The number of anilines is 1. The van der Waals surface area contributed by atoms with E-state index in [2.05, 4.69) is 20.7 Å². The monoisotopic (exact) mass is 295 g/mol. The first-order valence-corrected chi connectivity index (χ1v) is 7.06. The predicted octanol–water partition coefficient (Wildman–Crippen LogP) is 1.43. The van der Waals surface area contributed by atoms with Crippen LogP contribution in [0.1, 0.15) is 56.8 Å². The van der Waals surface area contributed by atoms with Crippen molar-refractivity contribution in [1.29, 1.82) is 0 Å². The van der Waals surface area contributed by atoms with Gasteiger partial charge in [0.05, 0.1) is 17.5 Å². The molecule has 1 aromatic heterocycles. The third kappa shape index (κ3) is 4.95. The van der Waals surface area contributed by atoms with Crippen molar-refractivity contribution in [1.82, 2.24) is 15.3 Å². The van der Waals surface area contributed by atoms with Gasteiger partial charge in [-0.05, 0) is 20.8 Å². The molecule has 0 atom stereocenters. The van der Waals surface area contributed by atoms with E-state index in [9.17, 15) is 4.79 Å². The molecular weight excluding hydrogens is 270 g/mol. The van der Waals surface area contributed by atoms with E-state index in [-0.39, 0.29) is 17.5 Å². The Morgan fingerprint density at radius 3 is 2.67 bits per heavy atom. The summed E-state index contributed by atoms with van der Waals surface area (Å²) < 4.78 is 5.55. The molecule has 0 bridgehead atoms.